The van der Waals surface area contributed by atoms with Gasteiger partial charge in [-0.1, -0.05) is 0 Å². The van der Waals surface area contributed by atoms with Crippen LogP contribution in [0.2, 0.25) is 0 Å². The molecule has 0 aliphatic rings. The largest absolute Gasteiger partial charge is 0.288 e. The topological polar surface area (TPSA) is 73.0 Å². The summed E-state index contributed by atoms with van der Waals surface area (Å²) in [5, 5.41) is 4.26. The molecule has 0 N–H and O–H groups in total. The Kier molecular flexibility index (Phi) is 3.31. The number of pyridine rings is 2. The molecule has 0 spiro atoms. The second kappa shape index (κ2) is 5.62. The summed E-state index contributed by atoms with van der Waals surface area (Å²) in [6, 6.07) is 6.63. The summed E-state index contributed by atoms with van der Waals surface area (Å²) in [6.45, 7) is 0. The van der Waals surface area contributed by atoms with Crippen LogP contribution in [0.4, 0.5) is 4.39 Å². The van der Waals surface area contributed by atoms with Gasteiger partial charge in [-0.2, -0.15) is 5.10 Å². The van der Waals surface area contributed by atoms with Crippen molar-refractivity contribution in [3.8, 4) is 11.3 Å². The van der Waals surface area contributed by atoms with Crippen molar-refractivity contribution in [1.29, 1.82) is 0 Å². The molecule has 0 unspecified atom stereocenters. The maximum Gasteiger partial charge on any atom is 0.200 e. The molecule has 7 heteroatoms. The smallest absolute Gasteiger partial charge is 0.200 e. The van der Waals surface area contributed by atoms with Crippen LogP contribution in [0.1, 0.15) is 15.9 Å². The Morgan fingerprint density at radius 1 is 1.04 bits per heavy atom. The lowest BCUT2D eigenvalue weighted by atomic mass is 10.1. The van der Waals surface area contributed by atoms with Gasteiger partial charge in [-0.25, -0.2) is 13.9 Å². The van der Waals surface area contributed by atoms with Gasteiger partial charge < -0.3 is 0 Å². The van der Waals surface area contributed by atoms with Crippen molar-refractivity contribution in [3.63, 3.8) is 0 Å². The molecule has 4 aromatic rings. The van der Waals surface area contributed by atoms with Gasteiger partial charge in [0.25, 0.3) is 0 Å². The van der Waals surface area contributed by atoms with Crippen LogP contribution in [0.25, 0.3) is 16.9 Å². The van der Waals surface area contributed by atoms with Crippen molar-refractivity contribution in [2.75, 3.05) is 0 Å². The van der Waals surface area contributed by atoms with Crippen LogP contribution in [-0.4, -0.2) is 30.3 Å². The van der Waals surface area contributed by atoms with Crippen LogP contribution in [0.15, 0.2) is 61.4 Å². The summed E-state index contributed by atoms with van der Waals surface area (Å²) in [6.07, 6.45) is 8.77. The van der Waals surface area contributed by atoms with E-state index < -0.39 is 5.82 Å². The van der Waals surface area contributed by atoms with Crippen molar-refractivity contribution in [3.05, 3.63) is 78.4 Å². The van der Waals surface area contributed by atoms with Gasteiger partial charge in [0.1, 0.15) is 5.82 Å². The fraction of sp³-hybridized carbons (Fsp3) is 0. The van der Waals surface area contributed by atoms with Gasteiger partial charge in [-0.3, -0.25) is 14.8 Å². The van der Waals surface area contributed by atoms with E-state index in [0.717, 1.165) is 23.5 Å². The number of fused-ring (bicyclic) bond motifs is 1. The predicted octanol–water partition coefficient (Wildman–Crippen LogP) is 2.56. The van der Waals surface area contributed by atoms with Crippen molar-refractivity contribution in [1.82, 2.24) is 24.6 Å². The molecule has 0 amide bonds. The Labute approximate surface area is 135 Å². The fourth-order valence-electron chi connectivity index (χ4n) is 2.48. The molecule has 4 rings (SSSR count). The highest BCUT2D eigenvalue weighted by Crippen LogP contribution is 2.21. The molecule has 0 aromatic carbocycles. The number of nitrogens with zero attached hydrogens (tertiary/aromatic N) is 5. The first-order valence-electron chi connectivity index (χ1n) is 7.12. The van der Waals surface area contributed by atoms with Crippen LogP contribution in [0.3, 0.4) is 0 Å². The summed E-state index contributed by atoms with van der Waals surface area (Å²) in [5.74, 6) is -0.950. The Hall–Kier alpha value is -3.48. The van der Waals surface area contributed by atoms with Crippen molar-refractivity contribution >= 4 is 11.4 Å². The Balaban J connectivity index is 1.86. The molecule has 0 saturated carbocycles. The first-order chi connectivity index (χ1) is 11.7. The van der Waals surface area contributed by atoms with E-state index in [-0.39, 0.29) is 16.9 Å². The summed E-state index contributed by atoms with van der Waals surface area (Å²) >= 11 is 0. The molecule has 24 heavy (non-hydrogen) atoms. The lowest BCUT2D eigenvalue weighted by Gasteiger charge is -2.04. The zero-order valence-corrected chi connectivity index (χ0v) is 12.3. The molecule has 0 atom stereocenters. The number of halogens is 1. The molecule has 0 fully saturated rings. The van der Waals surface area contributed by atoms with E-state index >= 15 is 0 Å². The molecule has 0 aliphatic carbocycles. The van der Waals surface area contributed by atoms with Crippen LogP contribution in [0, 0.1) is 5.82 Å². The molecule has 4 aromatic heterocycles. The molecule has 0 aliphatic heterocycles. The molecule has 0 saturated heterocycles. The van der Waals surface area contributed by atoms with Crippen molar-refractivity contribution in [2.45, 2.75) is 0 Å². The van der Waals surface area contributed by atoms with Gasteiger partial charge in [0.15, 0.2) is 11.4 Å². The van der Waals surface area contributed by atoms with Crippen molar-refractivity contribution in [2.24, 2.45) is 0 Å². The standard InChI is InChI=1S/C17H10FN5O/c18-13-6-12(8-20-9-13)16(24)14-10-22-23-15(3-5-21-17(14)23)11-2-1-4-19-7-11/h1-10H. The lowest BCUT2D eigenvalue weighted by molar-refractivity contribution is 0.103. The van der Waals surface area contributed by atoms with Crippen molar-refractivity contribution < 1.29 is 9.18 Å². The van der Waals surface area contributed by atoms with Gasteiger partial charge in [-0.15, -0.1) is 0 Å². The summed E-state index contributed by atoms with van der Waals surface area (Å²) < 4.78 is 14.9. The third-order valence-corrected chi connectivity index (χ3v) is 3.57. The normalized spacial score (nSPS) is 10.9. The minimum absolute atomic E-state index is 0.151. The van der Waals surface area contributed by atoms with E-state index in [2.05, 4.69) is 20.1 Å². The summed E-state index contributed by atoms with van der Waals surface area (Å²) in [5.41, 5.74) is 2.43. The Bertz CT molecular complexity index is 1050. The summed E-state index contributed by atoms with van der Waals surface area (Å²) in [7, 11) is 0. The number of carbonyl (C=O) groups is 1. The minimum Gasteiger partial charge on any atom is -0.288 e. The average molecular weight is 319 g/mol. The average Bonchev–Trinajstić information content (AvgIpc) is 3.06. The van der Waals surface area contributed by atoms with Gasteiger partial charge in [0.05, 0.1) is 23.7 Å². The lowest BCUT2D eigenvalue weighted by Crippen LogP contribution is -2.04. The third-order valence-electron chi connectivity index (χ3n) is 3.57. The van der Waals surface area contributed by atoms with Crippen LogP contribution in [-0.2, 0) is 0 Å². The molecule has 0 bridgehead atoms. The first kappa shape index (κ1) is 14.1. The highest BCUT2D eigenvalue weighted by Gasteiger charge is 2.18. The number of hydrogen-bond donors (Lipinski definition) is 0. The third kappa shape index (κ3) is 2.32. The quantitative estimate of drug-likeness (QED) is 0.543. The van der Waals surface area contributed by atoms with E-state index in [9.17, 15) is 9.18 Å². The molecule has 6 nitrogen and oxygen atoms in total. The molecule has 116 valence electrons. The highest BCUT2D eigenvalue weighted by atomic mass is 19.1. The Morgan fingerprint density at radius 3 is 2.75 bits per heavy atom. The highest BCUT2D eigenvalue weighted by molar-refractivity contribution is 6.12. The van der Waals surface area contributed by atoms with E-state index in [1.807, 2.05) is 12.1 Å². The monoisotopic (exact) mass is 319 g/mol. The number of rotatable bonds is 3. The SMILES string of the molecule is O=C(c1cncc(F)c1)c1cnn2c(-c3cccnc3)ccnc12. The molecular formula is C17H10FN5O. The van der Waals surface area contributed by atoms with E-state index in [4.69, 9.17) is 0 Å². The van der Waals surface area contributed by atoms with Gasteiger partial charge in [0.2, 0.25) is 0 Å². The maximum absolute atomic E-state index is 13.3. The number of carbonyl (C=O) groups excluding carboxylic acids is 1. The maximum atomic E-state index is 13.3. The van der Waals surface area contributed by atoms with Gasteiger partial charge in [0, 0.05) is 35.9 Å². The summed E-state index contributed by atoms with van der Waals surface area (Å²) in [4.78, 5) is 24.6. The number of hydrogen-bond acceptors (Lipinski definition) is 5. The molecule has 4 heterocycles. The van der Waals surface area contributed by atoms with Crippen LogP contribution < -0.4 is 0 Å². The van der Waals surface area contributed by atoms with Crippen LogP contribution in [0.5, 0.6) is 0 Å². The predicted molar refractivity (Wildman–Crippen MR) is 83.8 cm³/mol. The van der Waals surface area contributed by atoms with E-state index in [1.165, 1.54) is 12.4 Å². The first-order valence-corrected chi connectivity index (χ1v) is 7.12. The second-order valence-corrected chi connectivity index (χ2v) is 5.09. The Morgan fingerprint density at radius 2 is 1.96 bits per heavy atom. The van der Waals surface area contributed by atoms with Gasteiger partial charge in [-0.05, 0) is 24.3 Å². The van der Waals surface area contributed by atoms with E-state index in [0.29, 0.717) is 5.65 Å². The number of aromatic nitrogens is 5. The fourth-order valence-corrected chi connectivity index (χ4v) is 2.48. The molecular weight excluding hydrogens is 309 g/mol. The second-order valence-electron chi connectivity index (χ2n) is 5.09. The zero-order chi connectivity index (χ0) is 16.5. The number of ketones is 1. The zero-order valence-electron chi connectivity index (χ0n) is 12.3. The van der Waals surface area contributed by atoms with Gasteiger partial charge >= 0.3 is 0 Å². The van der Waals surface area contributed by atoms with E-state index in [1.54, 1.807) is 29.2 Å². The van der Waals surface area contributed by atoms with Crippen LogP contribution >= 0.6 is 0 Å². The molecule has 0 radical (unpaired) electrons. The minimum atomic E-state index is -0.568.